The number of likely N-dealkylation sites (tertiary alicyclic amines) is 1. The van der Waals surface area contributed by atoms with Gasteiger partial charge in [0.15, 0.2) is 18.1 Å². The summed E-state index contributed by atoms with van der Waals surface area (Å²) in [5.74, 6) is 1.88. The summed E-state index contributed by atoms with van der Waals surface area (Å²) in [7, 11) is 4.73. The number of ether oxygens (including phenoxy) is 4. The van der Waals surface area contributed by atoms with Crippen molar-refractivity contribution in [3.05, 3.63) is 47.5 Å². The van der Waals surface area contributed by atoms with Gasteiger partial charge in [0.25, 0.3) is 11.8 Å². The summed E-state index contributed by atoms with van der Waals surface area (Å²) in [6.07, 6.45) is 1.74. The Morgan fingerprint density at radius 1 is 1.00 bits per heavy atom. The highest BCUT2D eigenvalue weighted by molar-refractivity contribution is 5.95. The fraction of sp³-hybridized carbons (Fsp3) is 0.440. The monoisotopic (exact) mass is 456 g/mol. The van der Waals surface area contributed by atoms with Gasteiger partial charge in [0.1, 0.15) is 11.5 Å². The Balaban J connectivity index is 1.79. The zero-order valence-corrected chi connectivity index (χ0v) is 19.8. The molecule has 0 spiro atoms. The molecule has 0 aromatic heterocycles. The van der Waals surface area contributed by atoms with Crippen LogP contribution in [0.1, 0.15) is 48.7 Å². The van der Waals surface area contributed by atoms with Crippen LogP contribution in [0.2, 0.25) is 0 Å². The third-order valence-corrected chi connectivity index (χ3v) is 5.53. The van der Waals surface area contributed by atoms with E-state index in [1.807, 2.05) is 36.9 Å². The minimum absolute atomic E-state index is 0.0285. The van der Waals surface area contributed by atoms with Crippen LogP contribution in [0.5, 0.6) is 23.0 Å². The number of rotatable bonds is 9. The van der Waals surface area contributed by atoms with E-state index in [4.69, 9.17) is 18.9 Å². The quantitative estimate of drug-likeness (QED) is 0.621. The summed E-state index contributed by atoms with van der Waals surface area (Å²) < 4.78 is 21.9. The average molecular weight is 457 g/mol. The highest BCUT2D eigenvalue weighted by atomic mass is 16.5. The maximum absolute atomic E-state index is 13.4. The highest BCUT2D eigenvalue weighted by Gasteiger charge is 2.33. The summed E-state index contributed by atoms with van der Waals surface area (Å²) in [5.41, 5.74) is 1.44. The van der Waals surface area contributed by atoms with E-state index in [-0.39, 0.29) is 30.5 Å². The van der Waals surface area contributed by atoms with Crippen LogP contribution in [0.15, 0.2) is 36.4 Å². The first-order valence-corrected chi connectivity index (χ1v) is 11.0. The SMILES string of the molecule is COc1ccc(C2CCCN2C(=O)c2ccc(OCC(=O)NC(C)C)c(OC)c2)c(OC)c1. The lowest BCUT2D eigenvalue weighted by Crippen LogP contribution is -2.34. The molecule has 0 radical (unpaired) electrons. The standard InChI is InChI=1S/C25H32N2O6/c1-16(2)26-24(28)15-33-21-11-8-17(13-23(21)32-5)25(29)27-12-6-7-20(27)19-10-9-18(30-3)14-22(19)31-4/h8-11,13-14,16,20H,6-7,12,15H2,1-5H3,(H,26,28). The molecule has 1 fully saturated rings. The maximum atomic E-state index is 13.4. The highest BCUT2D eigenvalue weighted by Crippen LogP contribution is 2.40. The van der Waals surface area contributed by atoms with E-state index < -0.39 is 0 Å². The van der Waals surface area contributed by atoms with Gasteiger partial charge in [-0.05, 0) is 57.0 Å². The maximum Gasteiger partial charge on any atom is 0.258 e. The van der Waals surface area contributed by atoms with Gasteiger partial charge in [-0.2, -0.15) is 0 Å². The van der Waals surface area contributed by atoms with Gasteiger partial charge in [-0.25, -0.2) is 0 Å². The van der Waals surface area contributed by atoms with Crippen molar-refractivity contribution in [2.24, 2.45) is 0 Å². The van der Waals surface area contributed by atoms with E-state index in [2.05, 4.69) is 5.32 Å². The molecule has 178 valence electrons. The van der Waals surface area contributed by atoms with Crippen LogP contribution in [0.4, 0.5) is 0 Å². The smallest absolute Gasteiger partial charge is 0.258 e. The molecule has 0 saturated carbocycles. The zero-order valence-electron chi connectivity index (χ0n) is 19.8. The predicted molar refractivity (Wildman–Crippen MR) is 124 cm³/mol. The van der Waals surface area contributed by atoms with E-state index in [1.54, 1.807) is 32.4 Å². The minimum atomic E-state index is -0.222. The van der Waals surface area contributed by atoms with Crippen molar-refractivity contribution in [1.82, 2.24) is 10.2 Å². The van der Waals surface area contributed by atoms with Gasteiger partial charge in [-0.15, -0.1) is 0 Å². The molecule has 1 atom stereocenters. The second-order valence-electron chi connectivity index (χ2n) is 8.14. The lowest BCUT2D eigenvalue weighted by molar-refractivity contribution is -0.123. The lowest BCUT2D eigenvalue weighted by atomic mass is 10.0. The number of carbonyl (C=O) groups excluding carboxylic acids is 2. The first-order chi connectivity index (χ1) is 15.9. The number of amides is 2. The van der Waals surface area contributed by atoms with Crippen molar-refractivity contribution in [2.45, 2.75) is 38.8 Å². The molecule has 1 N–H and O–H groups in total. The topological polar surface area (TPSA) is 86.3 Å². The van der Waals surface area contributed by atoms with E-state index in [0.29, 0.717) is 35.1 Å². The van der Waals surface area contributed by atoms with Gasteiger partial charge in [-0.1, -0.05) is 0 Å². The Morgan fingerprint density at radius 2 is 1.76 bits per heavy atom. The molecule has 2 aromatic rings. The molecule has 33 heavy (non-hydrogen) atoms. The number of hydrogen-bond donors (Lipinski definition) is 1. The van der Waals surface area contributed by atoms with Crippen LogP contribution in [0.3, 0.4) is 0 Å². The number of hydrogen-bond acceptors (Lipinski definition) is 6. The Bertz CT molecular complexity index is 991. The zero-order chi connectivity index (χ0) is 24.0. The van der Waals surface area contributed by atoms with Crippen molar-refractivity contribution in [2.75, 3.05) is 34.5 Å². The van der Waals surface area contributed by atoms with Gasteiger partial charge < -0.3 is 29.2 Å². The molecule has 2 aromatic carbocycles. The van der Waals surface area contributed by atoms with Gasteiger partial charge in [0.05, 0.1) is 27.4 Å². The number of nitrogens with one attached hydrogen (secondary N) is 1. The fourth-order valence-corrected chi connectivity index (χ4v) is 4.02. The van der Waals surface area contributed by atoms with Crippen molar-refractivity contribution in [3.63, 3.8) is 0 Å². The largest absolute Gasteiger partial charge is 0.497 e. The van der Waals surface area contributed by atoms with Gasteiger partial charge >= 0.3 is 0 Å². The van der Waals surface area contributed by atoms with E-state index in [1.165, 1.54) is 7.11 Å². The van der Waals surface area contributed by atoms with E-state index in [0.717, 1.165) is 18.4 Å². The van der Waals surface area contributed by atoms with Crippen molar-refractivity contribution in [1.29, 1.82) is 0 Å². The minimum Gasteiger partial charge on any atom is -0.497 e. The van der Waals surface area contributed by atoms with Crippen LogP contribution in [0, 0.1) is 0 Å². The lowest BCUT2D eigenvalue weighted by Gasteiger charge is -2.27. The van der Waals surface area contributed by atoms with Gasteiger partial charge in [-0.3, -0.25) is 9.59 Å². The molecule has 0 bridgehead atoms. The molecule has 1 unspecified atom stereocenters. The first-order valence-electron chi connectivity index (χ1n) is 11.0. The Hall–Kier alpha value is -3.42. The van der Waals surface area contributed by atoms with Crippen molar-refractivity contribution in [3.8, 4) is 23.0 Å². The molecular weight excluding hydrogens is 424 g/mol. The summed E-state index contributed by atoms with van der Waals surface area (Å²) in [6.45, 7) is 4.28. The first kappa shape index (κ1) is 24.2. The molecule has 0 aliphatic carbocycles. The number of nitrogens with zero attached hydrogens (tertiary/aromatic N) is 1. The summed E-state index contributed by atoms with van der Waals surface area (Å²) >= 11 is 0. The average Bonchev–Trinajstić information content (AvgIpc) is 3.30. The fourth-order valence-electron chi connectivity index (χ4n) is 4.02. The molecule has 1 heterocycles. The molecule has 1 aliphatic heterocycles. The molecular formula is C25H32N2O6. The van der Waals surface area contributed by atoms with Crippen LogP contribution in [0.25, 0.3) is 0 Å². The third kappa shape index (κ3) is 5.69. The van der Waals surface area contributed by atoms with Crippen LogP contribution < -0.4 is 24.3 Å². The number of benzene rings is 2. The Kier molecular flexibility index (Phi) is 8.03. The van der Waals surface area contributed by atoms with Crippen LogP contribution in [-0.4, -0.2) is 57.2 Å². The normalized spacial score (nSPS) is 15.3. The van der Waals surface area contributed by atoms with Gasteiger partial charge in [0, 0.05) is 29.8 Å². The molecule has 8 heteroatoms. The van der Waals surface area contributed by atoms with E-state index >= 15 is 0 Å². The summed E-state index contributed by atoms with van der Waals surface area (Å²) in [4.78, 5) is 27.2. The molecule has 2 amide bonds. The number of methoxy groups -OCH3 is 3. The summed E-state index contributed by atoms with van der Waals surface area (Å²) in [6, 6.07) is 10.6. The van der Waals surface area contributed by atoms with Crippen molar-refractivity contribution >= 4 is 11.8 Å². The second-order valence-corrected chi connectivity index (χ2v) is 8.14. The van der Waals surface area contributed by atoms with Crippen LogP contribution in [-0.2, 0) is 4.79 Å². The second kappa shape index (κ2) is 10.9. The Labute approximate surface area is 194 Å². The molecule has 1 saturated heterocycles. The molecule has 8 nitrogen and oxygen atoms in total. The Morgan fingerprint density at radius 3 is 2.42 bits per heavy atom. The van der Waals surface area contributed by atoms with E-state index in [9.17, 15) is 9.59 Å². The van der Waals surface area contributed by atoms with Crippen molar-refractivity contribution < 1.29 is 28.5 Å². The predicted octanol–water partition coefficient (Wildman–Crippen LogP) is 3.59. The van der Waals surface area contributed by atoms with Gasteiger partial charge in [0.2, 0.25) is 0 Å². The van der Waals surface area contributed by atoms with Crippen LogP contribution >= 0.6 is 0 Å². The molecule has 3 rings (SSSR count). The third-order valence-electron chi connectivity index (χ3n) is 5.53. The number of carbonyl (C=O) groups is 2. The summed E-state index contributed by atoms with van der Waals surface area (Å²) in [5, 5.41) is 2.77. The molecule has 1 aliphatic rings.